The highest BCUT2D eigenvalue weighted by Crippen LogP contribution is 2.49. The van der Waals surface area contributed by atoms with Crippen LogP contribution in [0.3, 0.4) is 0 Å². The Morgan fingerprint density at radius 3 is 1.52 bits per heavy atom. The summed E-state index contributed by atoms with van der Waals surface area (Å²) in [6.45, 7) is 4.61. The number of rotatable bonds is 30. The van der Waals surface area contributed by atoms with E-state index in [0.717, 1.165) is 0 Å². The van der Waals surface area contributed by atoms with Gasteiger partial charge in [-0.1, -0.05) is 192 Å². The first-order valence-corrected chi connectivity index (χ1v) is 24.5. The number of thioether (sulfide) groups is 2. The summed E-state index contributed by atoms with van der Waals surface area (Å²) in [6, 6.07) is 18.3. The monoisotopic (exact) mass is 748 g/mol. The van der Waals surface area contributed by atoms with E-state index >= 15 is 0 Å². The maximum absolute atomic E-state index is 2.45. The van der Waals surface area contributed by atoms with Gasteiger partial charge in [0.25, 0.3) is 0 Å². The zero-order valence-electron chi connectivity index (χ0n) is 31.8. The first kappa shape index (κ1) is 41.6. The number of unbranched alkanes of at least 4 members (excludes halogenated alkanes) is 22. The molecule has 2 heterocycles. The lowest BCUT2D eigenvalue weighted by molar-refractivity contribution is 0.548. The fraction of sp³-hybridized carbons (Fsp3) is 0.609. The normalized spacial score (nSPS) is 11.6. The van der Waals surface area contributed by atoms with Crippen LogP contribution in [0.1, 0.15) is 168 Å². The van der Waals surface area contributed by atoms with Crippen molar-refractivity contribution in [2.45, 2.75) is 178 Å². The van der Waals surface area contributed by atoms with Gasteiger partial charge >= 0.3 is 0 Å². The van der Waals surface area contributed by atoms with Crippen LogP contribution in [-0.2, 0) is 0 Å². The van der Waals surface area contributed by atoms with Crippen LogP contribution >= 0.6 is 46.2 Å². The van der Waals surface area contributed by atoms with Gasteiger partial charge in [0.05, 0.1) is 9.75 Å². The van der Waals surface area contributed by atoms with Crippen LogP contribution in [0.2, 0.25) is 0 Å². The van der Waals surface area contributed by atoms with E-state index in [0.29, 0.717) is 0 Å². The van der Waals surface area contributed by atoms with Gasteiger partial charge in [0.1, 0.15) is 0 Å². The van der Waals surface area contributed by atoms with E-state index in [1.165, 1.54) is 207 Å². The van der Waals surface area contributed by atoms with Crippen LogP contribution in [0.4, 0.5) is 0 Å². The largest absolute Gasteiger partial charge is 0.142 e. The van der Waals surface area contributed by atoms with Crippen molar-refractivity contribution in [2.24, 2.45) is 0 Å². The molecular weight excluding hydrogens is 681 g/mol. The van der Waals surface area contributed by atoms with E-state index in [4.69, 9.17) is 0 Å². The average molecular weight is 749 g/mol. The van der Waals surface area contributed by atoms with Crippen molar-refractivity contribution in [3.05, 3.63) is 59.3 Å². The summed E-state index contributed by atoms with van der Waals surface area (Å²) < 4.78 is 0. The molecule has 2 aromatic heterocycles. The molecule has 0 N–H and O–H groups in total. The third-order valence-corrected chi connectivity index (χ3v) is 14.8. The van der Waals surface area contributed by atoms with Crippen LogP contribution in [0.25, 0.3) is 31.7 Å². The molecule has 0 aliphatic rings. The molecule has 0 aliphatic carbocycles. The summed E-state index contributed by atoms with van der Waals surface area (Å²) >= 11 is 8.15. The van der Waals surface area contributed by atoms with Crippen molar-refractivity contribution in [2.75, 3.05) is 11.5 Å². The summed E-state index contributed by atoms with van der Waals surface area (Å²) in [7, 11) is 0. The summed E-state index contributed by atoms with van der Waals surface area (Å²) in [6.07, 6.45) is 33.9. The summed E-state index contributed by atoms with van der Waals surface area (Å²) in [5, 5.41) is 7.44. The quantitative estimate of drug-likeness (QED) is 0.0385. The molecule has 4 aromatic rings. The highest BCUT2D eigenvalue weighted by atomic mass is 32.2. The van der Waals surface area contributed by atoms with Crippen LogP contribution in [0.15, 0.2) is 69.1 Å². The van der Waals surface area contributed by atoms with Crippen molar-refractivity contribution in [3.63, 3.8) is 0 Å². The van der Waals surface area contributed by atoms with Gasteiger partial charge in [-0.2, -0.15) is 0 Å². The smallest absolute Gasteiger partial charge is 0.0596 e. The maximum atomic E-state index is 2.45. The van der Waals surface area contributed by atoms with Gasteiger partial charge < -0.3 is 0 Å². The molecule has 4 rings (SSSR count). The van der Waals surface area contributed by atoms with Crippen molar-refractivity contribution in [3.8, 4) is 20.9 Å². The molecule has 0 radical (unpaired) electrons. The minimum atomic E-state index is 1.22. The van der Waals surface area contributed by atoms with Crippen LogP contribution in [0, 0.1) is 0 Å². The number of hydrogen-bond donors (Lipinski definition) is 0. The topological polar surface area (TPSA) is 0 Å². The fourth-order valence-electron chi connectivity index (χ4n) is 7.02. The van der Waals surface area contributed by atoms with Gasteiger partial charge in [-0.15, -0.1) is 46.2 Å². The second-order valence-electron chi connectivity index (χ2n) is 14.5. The summed E-state index contributed by atoms with van der Waals surface area (Å²) in [5.74, 6) is 2.46. The Morgan fingerprint density at radius 1 is 0.460 bits per heavy atom. The minimum absolute atomic E-state index is 1.22. The van der Waals surface area contributed by atoms with Gasteiger partial charge in [0.2, 0.25) is 0 Å². The molecule has 0 nitrogen and oxygen atoms in total. The number of benzene rings is 2. The standard InChI is InChI=1S/C46H68S4/c1-3-5-7-9-11-13-15-17-19-21-23-27-34-47-43-33-36-49-45(43)46-44(48-35-28-24-22-20-18-16-14-12-10-8-6-4-2)42(38-50-46)41-32-31-39-29-25-26-30-40(39)37-41/h25-26,29-33,36-38H,3-24,27-28,34-35H2,1-2H3. The van der Waals surface area contributed by atoms with Crippen LogP contribution in [-0.4, -0.2) is 11.5 Å². The third-order valence-electron chi connectivity index (χ3n) is 10.1. The lowest BCUT2D eigenvalue weighted by Gasteiger charge is -2.10. The number of thiophene rings is 2. The van der Waals surface area contributed by atoms with E-state index in [1.807, 2.05) is 22.7 Å². The fourth-order valence-corrected chi connectivity index (χ4v) is 12.0. The molecule has 50 heavy (non-hydrogen) atoms. The van der Waals surface area contributed by atoms with E-state index in [-0.39, 0.29) is 0 Å². The number of hydrogen-bond acceptors (Lipinski definition) is 4. The van der Waals surface area contributed by atoms with E-state index < -0.39 is 0 Å². The molecule has 0 spiro atoms. The molecule has 0 bridgehead atoms. The average Bonchev–Trinajstić information content (AvgIpc) is 3.79. The predicted octanol–water partition coefficient (Wildman–Crippen LogP) is 17.9. The van der Waals surface area contributed by atoms with Crippen molar-refractivity contribution in [1.29, 1.82) is 0 Å². The zero-order valence-corrected chi connectivity index (χ0v) is 35.1. The Balaban J connectivity index is 1.25. The molecule has 0 fully saturated rings. The van der Waals surface area contributed by atoms with Gasteiger partial charge in [0, 0.05) is 20.7 Å². The minimum Gasteiger partial charge on any atom is -0.142 e. The second-order valence-corrected chi connectivity index (χ2v) is 18.5. The Kier molecular flexibility index (Phi) is 22.1. The highest BCUT2D eigenvalue weighted by Gasteiger charge is 2.19. The van der Waals surface area contributed by atoms with Crippen molar-refractivity contribution >= 4 is 57.0 Å². The lowest BCUT2D eigenvalue weighted by atomic mass is 10.0. The van der Waals surface area contributed by atoms with Crippen LogP contribution in [0.5, 0.6) is 0 Å². The molecule has 276 valence electrons. The molecule has 0 saturated carbocycles. The van der Waals surface area contributed by atoms with E-state index in [2.05, 4.69) is 96.7 Å². The first-order valence-electron chi connectivity index (χ1n) is 20.8. The van der Waals surface area contributed by atoms with Gasteiger partial charge in [0.15, 0.2) is 0 Å². The molecule has 0 aliphatic heterocycles. The Morgan fingerprint density at radius 2 is 0.960 bits per heavy atom. The molecule has 0 amide bonds. The molecular formula is C46H68S4. The highest BCUT2D eigenvalue weighted by molar-refractivity contribution is 8.00. The molecule has 0 saturated heterocycles. The lowest BCUT2D eigenvalue weighted by Crippen LogP contribution is -1.87. The van der Waals surface area contributed by atoms with Gasteiger partial charge in [-0.25, -0.2) is 0 Å². The Hall–Kier alpha value is -1.20. The Bertz CT molecular complexity index is 1410. The molecule has 0 atom stereocenters. The predicted molar refractivity (Wildman–Crippen MR) is 234 cm³/mol. The number of fused-ring (bicyclic) bond motifs is 1. The maximum Gasteiger partial charge on any atom is 0.0596 e. The summed E-state index contributed by atoms with van der Waals surface area (Å²) in [4.78, 5) is 6.02. The molecule has 2 aromatic carbocycles. The SMILES string of the molecule is CCCCCCCCCCCCCCSc1ccsc1-c1scc(-c2ccc3ccccc3c2)c1SCCCCCCCCCCCCCC. The second kappa shape index (κ2) is 26.5. The Labute approximate surface area is 324 Å². The summed E-state index contributed by atoms with van der Waals surface area (Å²) in [5.41, 5.74) is 2.80. The first-order chi connectivity index (χ1) is 24.8. The van der Waals surface area contributed by atoms with E-state index in [1.54, 1.807) is 0 Å². The van der Waals surface area contributed by atoms with Crippen LogP contribution < -0.4 is 0 Å². The van der Waals surface area contributed by atoms with Gasteiger partial charge in [-0.3, -0.25) is 0 Å². The third kappa shape index (κ3) is 15.4. The van der Waals surface area contributed by atoms with Gasteiger partial charge in [-0.05, 0) is 58.2 Å². The molecule has 4 heteroatoms. The zero-order chi connectivity index (χ0) is 34.9. The van der Waals surface area contributed by atoms with Crippen molar-refractivity contribution < 1.29 is 0 Å². The van der Waals surface area contributed by atoms with Crippen molar-refractivity contribution in [1.82, 2.24) is 0 Å². The molecule has 0 unspecified atom stereocenters. The van der Waals surface area contributed by atoms with E-state index in [9.17, 15) is 0 Å².